The number of amides is 1. The van der Waals surface area contributed by atoms with Gasteiger partial charge in [-0.15, -0.1) is 11.3 Å². The summed E-state index contributed by atoms with van der Waals surface area (Å²) >= 11 is 1.02. The van der Waals surface area contributed by atoms with E-state index in [0.29, 0.717) is 4.88 Å². The van der Waals surface area contributed by atoms with E-state index in [1.807, 2.05) is 0 Å². The van der Waals surface area contributed by atoms with Crippen molar-refractivity contribution in [2.45, 2.75) is 48.4 Å². The zero-order valence-electron chi connectivity index (χ0n) is 15.2. The molecule has 9 heteroatoms. The highest BCUT2D eigenvalue weighted by Gasteiger charge is 2.24. The second-order valence-electron chi connectivity index (χ2n) is 6.76. The Morgan fingerprint density at radius 1 is 1.15 bits per heavy atom. The number of hydrogen-bond acceptors (Lipinski definition) is 6. The highest BCUT2D eigenvalue weighted by molar-refractivity contribution is 7.93. The molecule has 0 saturated carbocycles. The van der Waals surface area contributed by atoms with Gasteiger partial charge in [-0.3, -0.25) is 4.79 Å². The van der Waals surface area contributed by atoms with Crippen LogP contribution in [0.25, 0.3) is 0 Å². The number of rotatable bonds is 6. The molecule has 0 aliphatic rings. The molecule has 7 nitrogen and oxygen atoms in total. The summed E-state index contributed by atoms with van der Waals surface area (Å²) in [6.07, 6.45) is -0.972. The molecule has 0 aliphatic carbocycles. The van der Waals surface area contributed by atoms with Crippen LogP contribution in [0.15, 0.2) is 45.5 Å². The fourth-order valence-electron chi connectivity index (χ4n) is 2.25. The maximum absolute atomic E-state index is 12.9. The fourth-order valence-corrected chi connectivity index (χ4v) is 5.17. The minimum atomic E-state index is -3.85. The van der Waals surface area contributed by atoms with Crippen LogP contribution in [0.5, 0.6) is 0 Å². The van der Waals surface area contributed by atoms with Crippen molar-refractivity contribution in [3.63, 3.8) is 0 Å². The summed E-state index contributed by atoms with van der Waals surface area (Å²) in [4.78, 5) is 23.3. The third-order valence-electron chi connectivity index (χ3n) is 3.31. The molecular weight excluding hydrogens is 390 g/mol. The van der Waals surface area contributed by atoms with Gasteiger partial charge in [0.15, 0.2) is 0 Å². The molecule has 146 valence electrons. The zero-order chi connectivity index (χ0) is 20.2. The number of carboxylic acid groups (broad SMARTS) is 1. The number of ether oxygens (including phenoxy) is 1. The van der Waals surface area contributed by atoms with Crippen LogP contribution in [-0.4, -0.2) is 31.2 Å². The van der Waals surface area contributed by atoms with Crippen molar-refractivity contribution in [3.8, 4) is 0 Å². The molecule has 0 aliphatic heterocycles. The van der Waals surface area contributed by atoms with E-state index in [1.54, 1.807) is 39.0 Å². The molecule has 1 amide bonds. The predicted octanol–water partition coefficient (Wildman–Crippen LogP) is 3.23. The highest BCUT2D eigenvalue weighted by atomic mass is 32.2. The van der Waals surface area contributed by atoms with Crippen LogP contribution in [0.4, 0.5) is 4.79 Å². The number of carbonyl (C=O) groups is 2. The molecule has 0 saturated heterocycles. The molecule has 27 heavy (non-hydrogen) atoms. The first-order chi connectivity index (χ1) is 12.5. The molecule has 2 aromatic rings. The van der Waals surface area contributed by atoms with Crippen molar-refractivity contribution >= 4 is 33.2 Å². The first-order valence-corrected chi connectivity index (χ1v) is 10.4. The van der Waals surface area contributed by atoms with Gasteiger partial charge < -0.3 is 15.2 Å². The lowest BCUT2D eigenvalue weighted by Crippen LogP contribution is -2.31. The van der Waals surface area contributed by atoms with Gasteiger partial charge in [0.05, 0.1) is 17.9 Å². The van der Waals surface area contributed by atoms with E-state index < -0.39 is 27.5 Å². The summed E-state index contributed by atoms with van der Waals surface area (Å²) in [5.74, 6) is -1.11. The Hall–Kier alpha value is -2.39. The Morgan fingerprint density at radius 3 is 2.44 bits per heavy atom. The lowest BCUT2D eigenvalue weighted by Gasteiger charge is -2.19. The molecule has 0 fully saturated rings. The van der Waals surface area contributed by atoms with Crippen molar-refractivity contribution in [1.82, 2.24) is 5.32 Å². The Balaban J connectivity index is 2.18. The SMILES string of the molecule is CC(C)(C)OC(=O)NCc1ccc(S(=O)(=O)c2ccccc2CC(=O)O)s1. The smallest absolute Gasteiger partial charge is 0.407 e. The number of carbonyl (C=O) groups excluding carboxylic acids is 1. The first kappa shape index (κ1) is 20.9. The second-order valence-corrected chi connectivity index (χ2v) is 10.1. The summed E-state index contributed by atoms with van der Waals surface area (Å²) in [6.45, 7) is 5.37. The molecule has 0 spiro atoms. The molecular formula is C18H21NO6S2. The normalized spacial score (nSPS) is 11.8. The monoisotopic (exact) mass is 411 g/mol. The van der Waals surface area contributed by atoms with E-state index in [9.17, 15) is 18.0 Å². The first-order valence-electron chi connectivity index (χ1n) is 8.09. The summed E-state index contributed by atoms with van der Waals surface area (Å²) in [6, 6.07) is 9.09. The molecule has 0 radical (unpaired) electrons. The van der Waals surface area contributed by atoms with E-state index in [1.165, 1.54) is 18.2 Å². The van der Waals surface area contributed by atoms with Crippen molar-refractivity contribution < 1.29 is 27.9 Å². The number of benzene rings is 1. The number of alkyl carbamates (subject to hydrolysis) is 1. The van der Waals surface area contributed by atoms with E-state index in [-0.39, 0.29) is 27.6 Å². The number of sulfone groups is 1. The van der Waals surface area contributed by atoms with Gasteiger partial charge in [0, 0.05) is 4.88 Å². The van der Waals surface area contributed by atoms with Crippen LogP contribution < -0.4 is 5.32 Å². The molecule has 1 aromatic heterocycles. The number of carboxylic acids is 1. The van der Waals surface area contributed by atoms with Crippen molar-refractivity contribution in [2.75, 3.05) is 0 Å². The zero-order valence-corrected chi connectivity index (χ0v) is 16.8. The van der Waals surface area contributed by atoms with E-state index in [0.717, 1.165) is 11.3 Å². The van der Waals surface area contributed by atoms with Crippen LogP contribution in [0.1, 0.15) is 31.2 Å². The van der Waals surface area contributed by atoms with Gasteiger partial charge >= 0.3 is 12.1 Å². The third kappa shape index (κ3) is 5.80. The minimum absolute atomic E-state index is 0.0269. The Morgan fingerprint density at radius 2 is 1.81 bits per heavy atom. The standard InChI is InChI=1S/C18H21NO6S2/c1-18(2,3)25-17(22)19-11-13-8-9-16(26-13)27(23,24)14-7-5-4-6-12(14)10-15(20)21/h4-9H,10-11H2,1-3H3,(H,19,22)(H,20,21). The van der Waals surface area contributed by atoms with Crippen LogP contribution in [0, 0.1) is 0 Å². The van der Waals surface area contributed by atoms with Gasteiger partial charge in [0.2, 0.25) is 9.84 Å². The molecule has 1 aromatic carbocycles. The summed E-state index contributed by atoms with van der Waals surface area (Å²) < 4.78 is 31.0. The molecule has 2 rings (SSSR count). The average Bonchev–Trinajstić information content (AvgIpc) is 3.01. The van der Waals surface area contributed by atoms with E-state index in [2.05, 4.69) is 5.32 Å². The fraction of sp³-hybridized carbons (Fsp3) is 0.333. The Labute approximate surface area is 161 Å². The van der Waals surface area contributed by atoms with Gasteiger partial charge in [0.1, 0.15) is 9.81 Å². The van der Waals surface area contributed by atoms with Crippen molar-refractivity contribution in [3.05, 3.63) is 46.8 Å². The summed E-state index contributed by atoms with van der Waals surface area (Å²) in [7, 11) is -3.85. The number of thiophene rings is 1. The van der Waals surface area contributed by atoms with Gasteiger partial charge in [-0.05, 0) is 44.5 Å². The highest BCUT2D eigenvalue weighted by Crippen LogP contribution is 2.30. The Bertz CT molecular complexity index is 941. The van der Waals surface area contributed by atoms with E-state index in [4.69, 9.17) is 9.84 Å². The van der Waals surface area contributed by atoms with Gasteiger partial charge in [-0.1, -0.05) is 18.2 Å². The topological polar surface area (TPSA) is 110 Å². The lowest BCUT2D eigenvalue weighted by molar-refractivity contribution is -0.136. The number of hydrogen-bond donors (Lipinski definition) is 2. The molecule has 0 unspecified atom stereocenters. The van der Waals surface area contributed by atoms with Crippen LogP contribution in [-0.2, 0) is 32.3 Å². The van der Waals surface area contributed by atoms with Gasteiger partial charge in [0.25, 0.3) is 0 Å². The lowest BCUT2D eigenvalue weighted by atomic mass is 10.1. The molecule has 1 heterocycles. The molecule has 0 bridgehead atoms. The maximum Gasteiger partial charge on any atom is 0.407 e. The van der Waals surface area contributed by atoms with Crippen LogP contribution in [0.2, 0.25) is 0 Å². The van der Waals surface area contributed by atoms with E-state index >= 15 is 0 Å². The van der Waals surface area contributed by atoms with Crippen LogP contribution in [0.3, 0.4) is 0 Å². The third-order valence-corrected chi connectivity index (χ3v) is 6.74. The number of aliphatic carboxylic acids is 1. The molecule has 2 N–H and O–H groups in total. The summed E-state index contributed by atoms with van der Waals surface area (Å²) in [5.41, 5.74) is -0.395. The largest absolute Gasteiger partial charge is 0.481 e. The quantitative estimate of drug-likeness (QED) is 0.755. The second kappa shape index (κ2) is 8.10. The van der Waals surface area contributed by atoms with Crippen molar-refractivity contribution in [1.29, 1.82) is 0 Å². The maximum atomic E-state index is 12.9. The Kier molecular flexibility index (Phi) is 6.27. The molecule has 0 atom stereocenters. The number of nitrogens with one attached hydrogen (secondary N) is 1. The summed E-state index contributed by atoms with van der Waals surface area (Å²) in [5, 5.41) is 11.6. The van der Waals surface area contributed by atoms with Crippen molar-refractivity contribution in [2.24, 2.45) is 0 Å². The van der Waals surface area contributed by atoms with Crippen LogP contribution >= 0.6 is 11.3 Å². The average molecular weight is 412 g/mol. The minimum Gasteiger partial charge on any atom is -0.481 e. The predicted molar refractivity (Wildman–Crippen MR) is 101 cm³/mol. The van der Waals surface area contributed by atoms with Gasteiger partial charge in [-0.2, -0.15) is 0 Å². The van der Waals surface area contributed by atoms with Gasteiger partial charge in [-0.25, -0.2) is 13.2 Å².